The largest absolute Gasteiger partial charge is 0.496 e. The topological polar surface area (TPSA) is 38.8 Å². The molecule has 1 heterocycles. The normalized spacial score (nSPS) is 17.4. The number of nitrogens with zero attached hydrogens (tertiary/aromatic N) is 1. The van der Waals surface area contributed by atoms with Gasteiger partial charge in [-0.05, 0) is 111 Å². The van der Waals surface area contributed by atoms with Gasteiger partial charge >= 0.3 is 18.4 Å². The number of hydrogen-bond donors (Lipinski definition) is 0. The first-order valence-electron chi connectivity index (χ1n) is 13.8. The maximum Gasteiger partial charge on any atom is 0.416 e. The number of amides is 1. The number of hydrogen-bond acceptors (Lipinski definition) is 3. The average Bonchev–Trinajstić information content (AvgIpc) is 3.24. The van der Waals surface area contributed by atoms with Gasteiger partial charge in [-0.2, -0.15) is 26.3 Å². The molecule has 1 aliphatic heterocycles. The summed E-state index contributed by atoms with van der Waals surface area (Å²) in [6.45, 7) is 5.09. The Morgan fingerprint density at radius 2 is 1.58 bits per heavy atom. The molecule has 238 valence electrons. The predicted molar refractivity (Wildman–Crippen MR) is 163 cm³/mol. The van der Waals surface area contributed by atoms with Crippen molar-refractivity contribution in [1.82, 2.24) is 4.90 Å². The minimum absolute atomic E-state index is 0.0347. The summed E-state index contributed by atoms with van der Waals surface area (Å²) in [5.74, 6) is -0.356. The fourth-order valence-electron chi connectivity index (χ4n) is 5.60. The third-order valence-corrected chi connectivity index (χ3v) is 8.89. The third-order valence-electron chi connectivity index (χ3n) is 7.95. The molecule has 45 heavy (non-hydrogen) atoms. The zero-order valence-corrected chi connectivity index (χ0v) is 26.6. The van der Waals surface area contributed by atoms with E-state index in [2.05, 4.69) is 22.6 Å². The Bertz CT molecular complexity index is 1750. The number of benzene rings is 4. The summed E-state index contributed by atoms with van der Waals surface area (Å²) in [5.41, 5.74) is -1.20. The van der Waals surface area contributed by atoms with Crippen LogP contribution in [0.15, 0.2) is 60.7 Å². The Labute approximate surface area is 268 Å². The number of carbonyl (C=O) groups excluding carboxylic acids is 1. The summed E-state index contributed by atoms with van der Waals surface area (Å²) in [7, 11) is 1.41. The summed E-state index contributed by atoms with van der Waals surface area (Å²) in [4.78, 5) is 14.5. The number of alkyl halides is 6. The van der Waals surface area contributed by atoms with Gasteiger partial charge < -0.3 is 9.47 Å². The van der Waals surface area contributed by atoms with E-state index in [9.17, 15) is 35.5 Å². The fourth-order valence-corrected chi connectivity index (χ4v) is 6.27. The lowest BCUT2D eigenvalue weighted by molar-refractivity contribution is -0.143. The van der Waals surface area contributed by atoms with Gasteiger partial charge in [0.15, 0.2) is 0 Å². The van der Waals surface area contributed by atoms with Crippen molar-refractivity contribution in [3.8, 4) is 16.9 Å². The number of cyclic esters (lactones) is 1. The van der Waals surface area contributed by atoms with E-state index in [-0.39, 0.29) is 24.3 Å². The standard InChI is InChI=1S/C33H27F7INO3/c1-16(2)23-12-26(29(44-4)14-27(23)34)24-13-25-18(6-5-7-28(25)41)8-20(24)15-42-17(3)30(45-31(42)43)19-9-21(32(35,36)37)11-22(10-19)33(38,39)40/h5-14,16-17,30H,15H2,1-4H3/t17-,30-/m0/s1. The first kappa shape index (κ1) is 32.8. The van der Waals surface area contributed by atoms with Crippen molar-refractivity contribution in [2.24, 2.45) is 0 Å². The monoisotopic (exact) mass is 745 g/mol. The van der Waals surface area contributed by atoms with E-state index in [1.54, 1.807) is 6.07 Å². The number of halogens is 8. The van der Waals surface area contributed by atoms with Gasteiger partial charge in [-0.25, -0.2) is 9.18 Å². The van der Waals surface area contributed by atoms with Crippen LogP contribution in [0.2, 0.25) is 0 Å². The number of fused-ring (bicyclic) bond motifs is 1. The second-order valence-electron chi connectivity index (χ2n) is 11.2. The zero-order valence-electron chi connectivity index (χ0n) is 24.4. The van der Waals surface area contributed by atoms with Crippen molar-refractivity contribution < 1.29 is 45.0 Å². The van der Waals surface area contributed by atoms with E-state index in [1.165, 1.54) is 25.0 Å². The Morgan fingerprint density at radius 3 is 2.16 bits per heavy atom. The van der Waals surface area contributed by atoms with Gasteiger partial charge in [-0.15, -0.1) is 0 Å². The molecule has 2 atom stereocenters. The summed E-state index contributed by atoms with van der Waals surface area (Å²) in [5, 5.41) is 1.71. The van der Waals surface area contributed by atoms with Crippen LogP contribution >= 0.6 is 22.6 Å². The number of ether oxygens (including phenoxy) is 2. The molecule has 0 aromatic heterocycles. The van der Waals surface area contributed by atoms with Gasteiger partial charge in [0, 0.05) is 15.2 Å². The average molecular weight is 745 g/mol. The van der Waals surface area contributed by atoms with Crippen LogP contribution < -0.4 is 4.74 Å². The molecule has 0 bridgehead atoms. The molecule has 0 spiro atoms. The smallest absolute Gasteiger partial charge is 0.416 e. The highest BCUT2D eigenvalue weighted by Gasteiger charge is 2.43. The molecule has 0 saturated carbocycles. The summed E-state index contributed by atoms with van der Waals surface area (Å²) in [6, 6.07) is 12.6. The minimum atomic E-state index is -5.05. The lowest BCUT2D eigenvalue weighted by atomic mass is 9.91. The molecule has 4 aromatic carbocycles. The van der Waals surface area contributed by atoms with Gasteiger partial charge in [0.05, 0.1) is 30.8 Å². The maximum atomic E-state index is 14.9. The molecule has 1 aliphatic rings. The number of carbonyl (C=O) groups is 1. The van der Waals surface area contributed by atoms with Crippen LogP contribution in [-0.4, -0.2) is 24.1 Å². The summed E-state index contributed by atoms with van der Waals surface area (Å²) >= 11 is 2.19. The number of rotatable bonds is 6. The van der Waals surface area contributed by atoms with E-state index in [0.717, 1.165) is 14.3 Å². The van der Waals surface area contributed by atoms with Gasteiger partial charge in [0.1, 0.15) is 17.7 Å². The SMILES string of the molecule is COc1cc(F)c(C(C)C)cc1-c1cc2c(I)cccc2cc1CN1C(=O)O[C@H](c2cc(C(F)(F)F)cc(C(F)(F)F)c2)[C@@H]1C. The first-order valence-corrected chi connectivity index (χ1v) is 14.9. The van der Waals surface area contributed by atoms with Crippen molar-refractivity contribution in [2.45, 2.75) is 57.7 Å². The van der Waals surface area contributed by atoms with Crippen LogP contribution in [0.1, 0.15) is 60.6 Å². The highest BCUT2D eigenvalue weighted by Crippen LogP contribution is 2.43. The van der Waals surface area contributed by atoms with Crippen LogP contribution in [0.25, 0.3) is 21.9 Å². The predicted octanol–water partition coefficient (Wildman–Crippen LogP) is 10.5. The van der Waals surface area contributed by atoms with Gasteiger partial charge in [-0.1, -0.05) is 26.0 Å². The van der Waals surface area contributed by atoms with Gasteiger partial charge in [-0.3, -0.25) is 4.90 Å². The van der Waals surface area contributed by atoms with Crippen LogP contribution in [0.4, 0.5) is 35.5 Å². The highest BCUT2D eigenvalue weighted by atomic mass is 127. The Kier molecular flexibility index (Phi) is 8.75. The summed E-state index contributed by atoms with van der Waals surface area (Å²) < 4.78 is 108. The van der Waals surface area contributed by atoms with Crippen molar-refractivity contribution in [1.29, 1.82) is 0 Å². The van der Waals surface area contributed by atoms with Crippen LogP contribution in [0.5, 0.6) is 5.75 Å². The molecule has 0 aliphatic carbocycles. The minimum Gasteiger partial charge on any atom is -0.496 e. The molecule has 1 amide bonds. The second kappa shape index (κ2) is 12.0. The van der Waals surface area contributed by atoms with Crippen molar-refractivity contribution >= 4 is 39.5 Å². The van der Waals surface area contributed by atoms with E-state index < -0.39 is 53.1 Å². The molecule has 0 unspecified atom stereocenters. The molecular formula is C33H27F7INO3. The lowest BCUT2D eigenvalue weighted by Crippen LogP contribution is -2.31. The highest BCUT2D eigenvalue weighted by molar-refractivity contribution is 14.1. The quantitative estimate of drug-likeness (QED) is 0.146. The summed E-state index contributed by atoms with van der Waals surface area (Å²) in [6.07, 6.45) is -12.4. The first-order chi connectivity index (χ1) is 21.0. The van der Waals surface area contributed by atoms with E-state index in [1.807, 2.05) is 44.2 Å². The van der Waals surface area contributed by atoms with Crippen molar-refractivity contribution in [3.63, 3.8) is 0 Å². The number of methoxy groups -OCH3 is 1. The molecule has 5 rings (SSSR count). The second-order valence-corrected chi connectivity index (χ2v) is 12.4. The molecule has 0 N–H and O–H groups in total. The van der Waals surface area contributed by atoms with E-state index in [0.29, 0.717) is 34.4 Å². The van der Waals surface area contributed by atoms with Crippen LogP contribution in [0.3, 0.4) is 0 Å². The zero-order chi connectivity index (χ0) is 33.0. The lowest BCUT2D eigenvalue weighted by Gasteiger charge is -2.24. The molecular weight excluding hydrogens is 718 g/mol. The van der Waals surface area contributed by atoms with E-state index in [4.69, 9.17) is 9.47 Å². The van der Waals surface area contributed by atoms with Gasteiger partial charge in [0.2, 0.25) is 0 Å². The molecule has 4 aromatic rings. The molecule has 1 fully saturated rings. The third kappa shape index (κ3) is 6.43. The maximum absolute atomic E-state index is 14.9. The van der Waals surface area contributed by atoms with Crippen LogP contribution in [0, 0.1) is 9.39 Å². The Hall–Kier alpha value is -3.55. The Morgan fingerprint density at radius 1 is 0.933 bits per heavy atom. The molecule has 0 radical (unpaired) electrons. The molecule has 4 nitrogen and oxygen atoms in total. The van der Waals surface area contributed by atoms with Crippen molar-refractivity contribution in [3.05, 3.63) is 97.9 Å². The Balaban J connectivity index is 1.62. The molecule has 12 heteroatoms. The van der Waals surface area contributed by atoms with Crippen molar-refractivity contribution in [2.75, 3.05) is 7.11 Å². The molecule has 1 saturated heterocycles. The van der Waals surface area contributed by atoms with E-state index >= 15 is 0 Å². The fraction of sp³-hybridized carbons (Fsp3) is 0.303. The van der Waals surface area contributed by atoms with Crippen LogP contribution in [-0.2, 0) is 23.6 Å². The van der Waals surface area contributed by atoms with Gasteiger partial charge in [0.25, 0.3) is 0 Å².